The number of carbonyl (C=O) groups is 1. The van der Waals surface area contributed by atoms with Crippen LogP contribution in [0.3, 0.4) is 0 Å². The fourth-order valence-electron chi connectivity index (χ4n) is 1.93. The van der Waals surface area contributed by atoms with E-state index in [9.17, 15) is 4.79 Å². The molecule has 1 N–H and O–H groups in total. The molecule has 0 aromatic carbocycles. The molecule has 1 atom stereocenters. The standard InChI is InChI=1S/C14H23NO3/c1-5-10(3)8-15(6-2)9-12-7-11(4)13(18-12)14(16)17/h7,10H,5-6,8-9H2,1-4H3,(H,16,17). The van der Waals surface area contributed by atoms with Gasteiger partial charge in [0.1, 0.15) is 5.76 Å². The highest BCUT2D eigenvalue weighted by Crippen LogP contribution is 2.17. The molecule has 0 saturated carbocycles. The summed E-state index contributed by atoms with van der Waals surface area (Å²) in [6.07, 6.45) is 1.15. The summed E-state index contributed by atoms with van der Waals surface area (Å²) in [6.45, 7) is 10.9. The minimum Gasteiger partial charge on any atom is -0.475 e. The van der Waals surface area contributed by atoms with E-state index in [0.29, 0.717) is 18.0 Å². The summed E-state index contributed by atoms with van der Waals surface area (Å²) in [5, 5.41) is 8.95. The number of carboxylic acid groups (broad SMARTS) is 1. The molecule has 18 heavy (non-hydrogen) atoms. The molecule has 1 aromatic rings. The number of hydrogen-bond donors (Lipinski definition) is 1. The van der Waals surface area contributed by atoms with Crippen molar-refractivity contribution in [2.45, 2.75) is 40.7 Å². The monoisotopic (exact) mass is 253 g/mol. The number of carboxylic acids is 1. The molecule has 0 radical (unpaired) electrons. The molecule has 0 spiro atoms. The maximum atomic E-state index is 10.9. The lowest BCUT2D eigenvalue weighted by Crippen LogP contribution is -2.27. The third-order valence-corrected chi connectivity index (χ3v) is 3.26. The second kappa shape index (κ2) is 6.59. The number of furan rings is 1. The maximum absolute atomic E-state index is 10.9. The predicted molar refractivity (Wildman–Crippen MR) is 70.8 cm³/mol. The molecule has 0 aliphatic rings. The highest BCUT2D eigenvalue weighted by Gasteiger charge is 2.16. The summed E-state index contributed by atoms with van der Waals surface area (Å²) in [5.74, 6) is 0.434. The van der Waals surface area contributed by atoms with E-state index < -0.39 is 5.97 Å². The van der Waals surface area contributed by atoms with E-state index in [2.05, 4.69) is 25.7 Å². The Morgan fingerprint density at radius 1 is 1.50 bits per heavy atom. The summed E-state index contributed by atoms with van der Waals surface area (Å²) in [4.78, 5) is 13.2. The van der Waals surface area contributed by atoms with Gasteiger partial charge in [0.2, 0.25) is 5.76 Å². The third kappa shape index (κ3) is 3.88. The molecule has 0 amide bonds. The van der Waals surface area contributed by atoms with Crippen LogP contribution in [0.2, 0.25) is 0 Å². The molecule has 1 unspecified atom stereocenters. The van der Waals surface area contributed by atoms with Gasteiger partial charge in [-0.2, -0.15) is 0 Å². The van der Waals surface area contributed by atoms with Gasteiger partial charge in [-0.05, 0) is 25.5 Å². The van der Waals surface area contributed by atoms with Gasteiger partial charge in [-0.15, -0.1) is 0 Å². The Labute approximate surface area is 109 Å². The Hall–Kier alpha value is -1.29. The van der Waals surface area contributed by atoms with Gasteiger partial charge in [0.15, 0.2) is 0 Å². The van der Waals surface area contributed by atoms with Crippen LogP contribution in [0.25, 0.3) is 0 Å². The number of hydrogen-bond acceptors (Lipinski definition) is 3. The van der Waals surface area contributed by atoms with E-state index in [1.165, 1.54) is 0 Å². The summed E-state index contributed by atoms with van der Waals surface area (Å²) in [5.41, 5.74) is 0.692. The van der Waals surface area contributed by atoms with Crippen molar-refractivity contribution in [3.05, 3.63) is 23.2 Å². The topological polar surface area (TPSA) is 53.7 Å². The minimum atomic E-state index is -0.997. The predicted octanol–water partition coefficient (Wildman–Crippen LogP) is 3.15. The minimum absolute atomic E-state index is 0.0598. The van der Waals surface area contributed by atoms with Crippen molar-refractivity contribution in [1.29, 1.82) is 0 Å². The lowest BCUT2D eigenvalue weighted by Gasteiger charge is -2.22. The first-order valence-corrected chi connectivity index (χ1v) is 6.52. The Morgan fingerprint density at radius 2 is 2.17 bits per heavy atom. The fraction of sp³-hybridized carbons (Fsp3) is 0.643. The average molecular weight is 253 g/mol. The van der Waals surface area contributed by atoms with Crippen molar-refractivity contribution in [3.63, 3.8) is 0 Å². The quantitative estimate of drug-likeness (QED) is 0.811. The molecule has 1 rings (SSSR count). The number of aromatic carboxylic acids is 1. The molecule has 4 heteroatoms. The largest absolute Gasteiger partial charge is 0.475 e. The van der Waals surface area contributed by atoms with E-state index in [0.717, 1.165) is 25.3 Å². The van der Waals surface area contributed by atoms with E-state index in [1.54, 1.807) is 6.92 Å². The second-order valence-electron chi connectivity index (χ2n) is 4.87. The Bertz CT molecular complexity index is 398. The maximum Gasteiger partial charge on any atom is 0.372 e. The van der Waals surface area contributed by atoms with Crippen LogP contribution in [0.5, 0.6) is 0 Å². The summed E-state index contributed by atoms with van der Waals surface area (Å²) >= 11 is 0. The second-order valence-corrected chi connectivity index (χ2v) is 4.87. The summed E-state index contributed by atoms with van der Waals surface area (Å²) < 4.78 is 5.38. The zero-order valence-electron chi connectivity index (χ0n) is 11.7. The van der Waals surface area contributed by atoms with Gasteiger partial charge in [-0.25, -0.2) is 4.79 Å². The first-order chi connectivity index (χ1) is 8.47. The first kappa shape index (κ1) is 14.8. The van der Waals surface area contributed by atoms with Crippen molar-refractivity contribution in [2.75, 3.05) is 13.1 Å². The fourth-order valence-corrected chi connectivity index (χ4v) is 1.93. The van der Waals surface area contributed by atoms with Crippen LogP contribution < -0.4 is 0 Å². The van der Waals surface area contributed by atoms with E-state index in [1.807, 2.05) is 6.07 Å². The molecule has 1 aromatic heterocycles. The normalized spacial score (nSPS) is 12.9. The number of rotatable bonds is 7. The highest BCUT2D eigenvalue weighted by atomic mass is 16.4. The summed E-state index contributed by atoms with van der Waals surface area (Å²) in [7, 11) is 0. The molecular formula is C14H23NO3. The van der Waals surface area contributed by atoms with Crippen molar-refractivity contribution in [1.82, 2.24) is 4.90 Å². The molecule has 0 fully saturated rings. The molecule has 0 saturated heterocycles. The molecule has 0 aliphatic heterocycles. The Kier molecular flexibility index (Phi) is 5.41. The Morgan fingerprint density at radius 3 is 2.61 bits per heavy atom. The molecular weight excluding hydrogens is 230 g/mol. The van der Waals surface area contributed by atoms with Gasteiger partial charge in [0.05, 0.1) is 6.54 Å². The summed E-state index contributed by atoms with van der Waals surface area (Å²) in [6, 6.07) is 1.82. The van der Waals surface area contributed by atoms with Crippen LogP contribution in [0.4, 0.5) is 0 Å². The van der Waals surface area contributed by atoms with Crippen LogP contribution in [-0.4, -0.2) is 29.1 Å². The van der Waals surface area contributed by atoms with Gasteiger partial charge in [0.25, 0.3) is 0 Å². The highest BCUT2D eigenvalue weighted by molar-refractivity contribution is 5.86. The molecule has 0 aliphatic carbocycles. The van der Waals surface area contributed by atoms with Crippen molar-refractivity contribution >= 4 is 5.97 Å². The zero-order chi connectivity index (χ0) is 13.7. The van der Waals surface area contributed by atoms with Crippen molar-refractivity contribution < 1.29 is 14.3 Å². The molecule has 4 nitrogen and oxygen atoms in total. The number of aryl methyl sites for hydroxylation is 1. The SMILES string of the molecule is CCC(C)CN(CC)Cc1cc(C)c(C(=O)O)o1. The van der Waals surface area contributed by atoms with E-state index in [-0.39, 0.29) is 5.76 Å². The van der Waals surface area contributed by atoms with Crippen LogP contribution in [0.15, 0.2) is 10.5 Å². The van der Waals surface area contributed by atoms with Crippen LogP contribution in [-0.2, 0) is 6.54 Å². The number of nitrogens with zero attached hydrogens (tertiary/aromatic N) is 1. The first-order valence-electron chi connectivity index (χ1n) is 6.52. The van der Waals surface area contributed by atoms with Gasteiger partial charge in [-0.1, -0.05) is 27.2 Å². The molecule has 1 heterocycles. The van der Waals surface area contributed by atoms with Crippen LogP contribution >= 0.6 is 0 Å². The lowest BCUT2D eigenvalue weighted by molar-refractivity contribution is 0.0657. The van der Waals surface area contributed by atoms with Crippen LogP contribution in [0.1, 0.15) is 49.1 Å². The van der Waals surface area contributed by atoms with E-state index in [4.69, 9.17) is 9.52 Å². The smallest absolute Gasteiger partial charge is 0.372 e. The van der Waals surface area contributed by atoms with Crippen LogP contribution in [0, 0.1) is 12.8 Å². The van der Waals surface area contributed by atoms with Gasteiger partial charge in [-0.3, -0.25) is 4.90 Å². The average Bonchev–Trinajstić information content (AvgIpc) is 2.69. The van der Waals surface area contributed by atoms with Crippen molar-refractivity contribution in [3.8, 4) is 0 Å². The zero-order valence-corrected chi connectivity index (χ0v) is 11.7. The van der Waals surface area contributed by atoms with Crippen molar-refractivity contribution in [2.24, 2.45) is 5.92 Å². The van der Waals surface area contributed by atoms with Gasteiger partial charge >= 0.3 is 5.97 Å². The van der Waals surface area contributed by atoms with Gasteiger partial charge in [0, 0.05) is 12.1 Å². The van der Waals surface area contributed by atoms with E-state index >= 15 is 0 Å². The molecule has 102 valence electrons. The Balaban J connectivity index is 2.70. The molecule has 0 bridgehead atoms. The third-order valence-electron chi connectivity index (χ3n) is 3.26. The lowest BCUT2D eigenvalue weighted by atomic mass is 10.1. The van der Waals surface area contributed by atoms with Gasteiger partial charge < -0.3 is 9.52 Å².